The average Bonchev–Trinajstić information content (AvgIpc) is 3.16. The fourth-order valence-corrected chi connectivity index (χ4v) is 3.62. The Hall–Kier alpha value is -3.16. The van der Waals surface area contributed by atoms with Crippen LogP contribution in [0.15, 0.2) is 59.5 Å². The zero-order chi connectivity index (χ0) is 21.3. The lowest BCUT2D eigenvalue weighted by Crippen LogP contribution is -2.24. The van der Waals surface area contributed by atoms with Gasteiger partial charge in [-0.25, -0.2) is 9.36 Å². The van der Waals surface area contributed by atoms with Crippen LogP contribution in [0.3, 0.4) is 0 Å². The SMILES string of the molecule is Cn1nc(CC(=O)Nc2ccnn2Cc2cccc(Cl)c2Cl)c2ccccc2c1=O. The number of aryl methyl sites for hydroxylation is 1. The molecule has 0 fully saturated rings. The van der Waals surface area contributed by atoms with Crippen molar-refractivity contribution in [3.8, 4) is 0 Å². The maximum atomic E-state index is 12.7. The quantitative estimate of drug-likeness (QED) is 0.512. The smallest absolute Gasteiger partial charge is 0.274 e. The molecule has 0 saturated heterocycles. The molecule has 30 heavy (non-hydrogen) atoms. The summed E-state index contributed by atoms with van der Waals surface area (Å²) in [6.07, 6.45) is 1.60. The Bertz CT molecular complexity index is 1310. The van der Waals surface area contributed by atoms with Crippen molar-refractivity contribution in [3.05, 3.63) is 86.4 Å². The van der Waals surface area contributed by atoms with Gasteiger partial charge in [0.05, 0.1) is 40.3 Å². The normalized spacial score (nSPS) is 11.0. The Morgan fingerprint density at radius 3 is 2.63 bits per heavy atom. The van der Waals surface area contributed by atoms with E-state index in [1.165, 1.54) is 4.68 Å². The van der Waals surface area contributed by atoms with Crippen LogP contribution in [0.25, 0.3) is 10.8 Å². The van der Waals surface area contributed by atoms with Crippen molar-refractivity contribution < 1.29 is 4.79 Å². The minimum atomic E-state index is -0.273. The summed E-state index contributed by atoms with van der Waals surface area (Å²) in [5, 5.41) is 13.5. The first kappa shape index (κ1) is 20.1. The Labute approximate surface area is 181 Å². The molecule has 4 aromatic rings. The lowest BCUT2D eigenvalue weighted by molar-refractivity contribution is -0.115. The largest absolute Gasteiger partial charge is 0.311 e. The summed E-state index contributed by atoms with van der Waals surface area (Å²) in [6, 6.07) is 14.2. The summed E-state index contributed by atoms with van der Waals surface area (Å²) in [6.45, 7) is 0.350. The number of hydrogen-bond donors (Lipinski definition) is 1. The lowest BCUT2D eigenvalue weighted by Gasteiger charge is -2.11. The molecular formula is C21H17Cl2N5O2. The summed E-state index contributed by atoms with van der Waals surface area (Å²) in [4.78, 5) is 25.0. The number of rotatable bonds is 5. The van der Waals surface area contributed by atoms with Gasteiger partial charge in [0.25, 0.3) is 5.56 Å². The standard InChI is InChI=1S/C21H17Cl2N5O2/c1-27-21(30)15-7-3-2-6-14(15)17(26-27)11-19(29)25-18-9-10-24-28(18)12-13-5-4-8-16(22)20(13)23/h2-10H,11-12H2,1H3,(H,25,29). The van der Waals surface area contributed by atoms with Crippen molar-refractivity contribution in [1.82, 2.24) is 19.6 Å². The van der Waals surface area contributed by atoms with Gasteiger partial charge in [0, 0.05) is 18.5 Å². The topological polar surface area (TPSA) is 81.8 Å². The molecule has 2 aromatic carbocycles. The Balaban J connectivity index is 1.56. The van der Waals surface area contributed by atoms with E-state index in [9.17, 15) is 9.59 Å². The van der Waals surface area contributed by atoms with Crippen LogP contribution in [0.4, 0.5) is 5.82 Å². The molecular weight excluding hydrogens is 425 g/mol. The fraction of sp³-hybridized carbons (Fsp3) is 0.143. The number of carbonyl (C=O) groups is 1. The van der Waals surface area contributed by atoms with Crippen LogP contribution in [0, 0.1) is 0 Å². The number of fused-ring (bicyclic) bond motifs is 1. The van der Waals surface area contributed by atoms with E-state index in [2.05, 4.69) is 15.5 Å². The van der Waals surface area contributed by atoms with Crippen molar-refractivity contribution in [2.24, 2.45) is 7.05 Å². The maximum absolute atomic E-state index is 12.7. The Kier molecular flexibility index (Phi) is 5.57. The first-order chi connectivity index (χ1) is 14.4. The molecule has 0 atom stereocenters. The highest BCUT2D eigenvalue weighted by Crippen LogP contribution is 2.26. The molecule has 2 heterocycles. The number of carbonyl (C=O) groups excluding carboxylic acids is 1. The van der Waals surface area contributed by atoms with Crippen LogP contribution in [0.1, 0.15) is 11.3 Å². The zero-order valence-electron chi connectivity index (χ0n) is 16.0. The monoisotopic (exact) mass is 441 g/mol. The number of nitrogens with zero attached hydrogens (tertiary/aromatic N) is 4. The predicted molar refractivity (Wildman–Crippen MR) is 117 cm³/mol. The van der Waals surface area contributed by atoms with Crippen molar-refractivity contribution in [1.29, 1.82) is 0 Å². The molecule has 9 heteroatoms. The van der Waals surface area contributed by atoms with Crippen molar-refractivity contribution in [3.63, 3.8) is 0 Å². The minimum Gasteiger partial charge on any atom is -0.311 e. The molecule has 4 rings (SSSR count). The highest BCUT2D eigenvalue weighted by Gasteiger charge is 2.15. The van der Waals surface area contributed by atoms with Gasteiger partial charge in [-0.2, -0.15) is 10.2 Å². The molecule has 2 aromatic heterocycles. The second kappa shape index (κ2) is 8.30. The van der Waals surface area contributed by atoms with Gasteiger partial charge in [-0.3, -0.25) is 9.59 Å². The minimum absolute atomic E-state index is 0.0116. The second-order valence-corrected chi connectivity index (χ2v) is 7.52. The number of nitrogens with one attached hydrogen (secondary N) is 1. The molecule has 7 nitrogen and oxygen atoms in total. The van der Waals surface area contributed by atoms with Crippen LogP contribution < -0.4 is 10.9 Å². The van der Waals surface area contributed by atoms with Crippen LogP contribution in [-0.2, 0) is 24.8 Å². The molecule has 0 radical (unpaired) electrons. The Morgan fingerprint density at radius 1 is 1.07 bits per heavy atom. The fourth-order valence-electron chi connectivity index (χ4n) is 3.24. The van der Waals surface area contributed by atoms with Gasteiger partial charge in [0.2, 0.25) is 5.91 Å². The molecule has 0 unspecified atom stereocenters. The first-order valence-electron chi connectivity index (χ1n) is 9.13. The Morgan fingerprint density at radius 2 is 1.83 bits per heavy atom. The molecule has 0 saturated carbocycles. The molecule has 0 spiro atoms. The molecule has 1 N–H and O–H groups in total. The molecule has 0 aliphatic heterocycles. The zero-order valence-corrected chi connectivity index (χ0v) is 17.5. The first-order valence-corrected chi connectivity index (χ1v) is 9.89. The molecule has 0 aliphatic rings. The van der Waals surface area contributed by atoms with E-state index in [1.54, 1.807) is 48.3 Å². The van der Waals surface area contributed by atoms with Gasteiger partial charge in [-0.05, 0) is 17.7 Å². The second-order valence-electron chi connectivity index (χ2n) is 6.73. The van der Waals surface area contributed by atoms with E-state index < -0.39 is 0 Å². The van der Waals surface area contributed by atoms with Crippen molar-refractivity contribution in [2.75, 3.05) is 5.32 Å². The summed E-state index contributed by atoms with van der Waals surface area (Å²) in [7, 11) is 1.57. The van der Waals surface area contributed by atoms with E-state index >= 15 is 0 Å². The lowest BCUT2D eigenvalue weighted by atomic mass is 10.1. The van der Waals surface area contributed by atoms with E-state index in [4.69, 9.17) is 23.2 Å². The number of benzene rings is 2. The van der Waals surface area contributed by atoms with Gasteiger partial charge < -0.3 is 5.32 Å². The third kappa shape index (κ3) is 3.94. The third-order valence-corrected chi connectivity index (χ3v) is 5.55. The van der Waals surface area contributed by atoms with E-state index in [-0.39, 0.29) is 17.9 Å². The molecule has 1 amide bonds. The molecule has 152 valence electrons. The average molecular weight is 442 g/mol. The van der Waals surface area contributed by atoms with Crippen LogP contribution in [0.5, 0.6) is 0 Å². The number of anilines is 1. The summed E-state index contributed by atoms with van der Waals surface area (Å²) in [5.41, 5.74) is 1.11. The molecule has 0 aliphatic carbocycles. The van der Waals surface area contributed by atoms with Gasteiger partial charge in [0.15, 0.2) is 0 Å². The number of halogens is 2. The number of amides is 1. The maximum Gasteiger partial charge on any atom is 0.274 e. The van der Waals surface area contributed by atoms with Crippen molar-refractivity contribution in [2.45, 2.75) is 13.0 Å². The van der Waals surface area contributed by atoms with E-state index in [0.717, 1.165) is 5.56 Å². The predicted octanol–water partition coefficient (Wildman–Crippen LogP) is 3.67. The van der Waals surface area contributed by atoms with E-state index in [1.807, 2.05) is 18.2 Å². The van der Waals surface area contributed by atoms with Gasteiger partial charge in [-0.1, -0.05) is 53.5 Å². The van der Waals surface area contributed by atoms with Gasteiger partial charge in [0.1, 0.15) is 5.82 Å². The van der Waals surface area contributed by atoms with E-state index in [0.29, 0.717) is 38.9 Å². The summed E-state index contributed by atoms with van der Waals surface area (Å²) >= 11 is 12.3. The molecule has 0 bridgehead atoms. The van der Waals surface area contributed by atoms with Gasteiger partial charge >= 0.3 is 0 Å². The van der Waals surface area contributed by atoms with Crippen LogP contribution in [0.2, 0.25) is 10.0 Å². The van der Waals surface area contributed by atoms with Crippen molar-refractivity contribution >= 4 is 45.7 Å². The van der Waals surface area contributed by atoms with Gasteiger partial charge in [-0.15, -0.1) is 0 Å². The highest BCUT2D eigenvalue weighted by atomic mass is 35.5. The number of aromatic nitrogens is 4. The van der Waals surface area contributed by atoms with Crippen LogP contribution in [-0.4, -0.2) is 25.5 Å². The number of hydrogen-bond acceptors (Lipinski definition) is 4. The summed E-state index contributed by atoms with van der Waals surface area (Å²) in [5.74, 6) is 0.246. The van der Waals surface area contributed by atoms with Crippen LogP contribution >= 0.6 is 23.2 Å². The third-order valence-electron chi connectivity index (χ3n) is 4.70. The summed E-state index contributed by atoms with van der Waals surface area (Å²) < 4.78 is 2.87. The highest BCUT2D eigenvalue weighted by molar-refractivity contribution is 6.42.